The van der Waals surface area contributed by atoms with Gasteiger partial charge in [-0.25, -0.2) is 0 Å². The van der Waals surface area contributed by atoms with Gasteiger partial charge in [0.25, 0.3) is 0 Å². The summed E-state index contributed by atoms with van der Waals surface area (Å²) in [7, 11) is 0. The van der Waals surface area contributed by atoms with Crippen molar-refractivity contribution < 1.29 is 0 Å². The van der Waals surface area contributed by atoms with Crippen molar-refractivity contribution in [2.45, 2.75) is 180 Å². The van der Waals surface area contributed by atoms with E-state index in [1.165, 1.54) is 83.5 Å². The molecule has 0 aromatic rings. The van der Waals surface area contributed by atoms with Crippen LogP contribution in [0, 0.1) is 17.3 Å². The monoisotopic (exact) mass is 431 g/mol. The third-order valence-electron chi connectivity index (χ3n) is 6.67. The van der Waals surface area contributed by atoms with Crippen molar-refractivity contribution >= 4 is 0 Å². The summed E-state index contributed by atoms with van der Waals surface area (Å²) in [5.74, 6) is 1.82. The molecule has 0 nitrogen and oxygen atoms in total. The molecule has 0 spiro atoms. The lowest BCUT2D eigenvalue weighted by Gasteiger charge is -2.28. The highest BCUT2D eigenvalue weighted by Crippen LogP contribution is 2.33. The van der Waals surface area contributed by atoms with Gasteiger partial charge in [-0.1, -0.05) is 180 Å². The van der Waals surface area contributed by atoms with Gasteiger partial charge < -0.3 is 0 Å². The van der Waals surface area contributed by atoms with E-state index in [-0.39, 0.29) is 0 Å². The second-order valence-corrected chi connectivity index (χ2v) is 9.35. The maximum atomic E-state index is 2.30. The van der Waals surface area contributed by atoms with Crippen LogP contribution < -0.4 is 0 Å². The van der Waals surface area contributed by atoms with Crippen LogP contribution in [0.25, 0.3) is 0 Å². The van der Waals surface area contributed by atoms with Crippen LogP contribution >= 0.6 is 0 Å². The third kappa shape index (κ3) is 42.2. The summed E-state index contributed by atoms with van der Waals surface area (Å²) in [5, 5.41) is 0. The maximum absolute atomic E-state index is 2.30. The predicted molar refractivity (Wildman–Crippen MR) is 149 cm³/mol. The molecule has 0 bridgehead atoms. The van der Waals surface area contributed by atoms with Crippen LogP contribution in [0.1, 0.15) is 180 Å². The van der Waals surface area contributed by atoms with E-state index in [1.54, 1.807) is 0 Å². The fourth-order valence-corrected chi connectivity index (χ4v) is 2.29. The first kappa shape index (κ1) is 40.4. The topological polar surface area (TPSA) is 0 Å². The molecule has 190 valence electrons. The zero-order valence-electron chi connectivity index (χ0n) is 24.8. The molecule has 0 atom stereocenters. The highest BCUT2D eigenvalue weighted by Gasteiger charge is 2.20. The average molecular weight is 431 g/mol. The molecule has 0 saturated carbocycles. The Hall–Kier alpha value is 0. The molecule has 0 saturated heterocycles. The van der Waals surface area contributed by atoms with E-state index < -0.39 is 0 Å². The van der Waals surface area contributed by atoms with Gasteiger partial charge in [0.05, 0.1) is 0 Å². The SMILES string of the molecule is CCC(C)C.CCC(C)CC.CCC(CC)(CC)CC.CCCC.CCCCCC. The first-order chi connectivity index (χ1) is 14.1. The molecule has 0 aliphatic rings. The standard InChI is InChI=1S/C9H20.2C6H14.C5H12.C4H10/c1-5-9(6-2,7-3)8-4;1-4-6(3)5-2;1-3-5-6-4-2;1-4-5(2)3;1-3-4-2/h5-8H2,1-4H3;6H,4-5H2,1-3H3;3-6H2,1-2H3;5H,4H2,1-3H3;3-4H2,1-2H3. The summed E-state index contributed by atoms with van der Waals surface area (Å²) in [6.45, 7) is 31.4. The molecular weight excluding hydrogens is 360 g/mol. The summed E-state index contributed by atoms with van der Waals surface area (Å²) in [6.07, 6.45) is 17.5. The molecule has 0 aliphatic heterocycles. The van der Waals surface area contributed by atoms with Crippen LogP contribution in [-0.2, 0) is 0 Å². The minimum absolute atomic E-state index is 0.667. The number of hydrogen-bond acceptors (Lipinski definition) is 0. The van der Waals surface area contributed by atoms with E-state index in [1.807, 2.05) is 0 Å². The summed E-state index contributed by atoms with van der Waals surface area (Å²) < 4.78 is 0. The predicted octanol–water partition coefficient (Wildman–Crippen LogP) is 12.5. The van der Waals surface area contributed by atoms with Gasteiger partial charge in [0.1, 0.15) is 0 Å². The average Bonchev–Trinajstić information content (AvgIpc) is 2.80. The van der Waals surface area contributed by atoms with Crippen LogP contribution in [-0.4, -0.2) is 0 Å². The number of unbranched alkanes of at least 4 members (excludes halogenated alkanes) is 4. The summed E-state index contributed by atoms with van der Waals surface area (Å²) in [4.78, 5) is 0. The lowest BCUT2D eigenvalue weighted by atomic mass is 9.78. The largest absolute Gasteiger partial charge is 0.0654 e. The van der Waals surface area contributed by atoms with Crippen LogP contribution in [0.2, 0.25) is 0 Å². The van der Waals surface area contributed by atoms with Gasteiger partial charge in [0.15, 0.2) is 0 Å². The molecule has 30 heavy (non-hydrogen) atoms. The molecule has 0 fully saturated rings. The molecule has 0 aliphatic carbocycles. The Kier molecular flexibility index (Phi) is 48.9. The van der Waals surface area contributed by atoms with E-state index in [9.17, 15) is 0 Å². The fourth-order valence-electron chi connectivity index (χ4n) is 2.29. The fraction of sp³-hybridized carbons (Fsp3) is 1.00. The normalized spacial score (nSPS) is 10.0. The first-order valence-electron chi connectivity index (χ1n) is 14.1. The molecule has 0 heterocycles. The van der Waals surface area contributed by atoms with Crippen LogP contribution in [0.4, 0.5) is 0 Å². The minimum Gasteiger partial charge on any atom is -0.0654 e. The van der Waals surface area contributed by atoms with Gasteiger partial charge >= 0.3 is 0 Å². The number of rotatable bonds is 11. The van der Waals surface area contributed by atoms with E-state index in [2.05, 4.69) is 96.9 Å². The van der Waals surface area contributed by atoms with Crippen molar-refractivity contribution in [3.63, 3.8) is 0 Å². The van der Waals surface area contributed by atoms with Crippen molar-refractivity contribution in [1.29, 1.82) is 0 Å². The summed E-state index contributed by atoms with van der Waals surface area (Å²) in [5.41, 5.74) is 0.667. The van der Waals surface area contributed by atoms with Gasteiger partial charge in [-0.2, -0.15) is 0 Å². The lowest BCUT2D eigenvalue weighted by Crippen LogP contribution is -2.15. The molecular formula is C30H70. The maximum Gasteiger partial charge on any atom is -0.0308 e. The van der Waals surface area contributed by atoms with Gasteiger partial charge in [0.2, 0.25) is 0 Å². The third-order valence-corrected chi connectivity index (χ3v) is 6.67. The van der Waals surface area contributed by atoms with Crippen LogP contribution in [0.15, 0.2) is 0 Å². The van der Waals surface area contributed by atoms with E-state index in [0.29, 0.717) is 5.41 Å². The van der Waals surface area contributed by atoms with Crippen LogP contribution in [0.5, 0.6) is 0 Å². The smallest absolute Gasteiger partial charge is 0.0308 e. The minimum atomic E-state index is 0.667. The Balaban J connectivity index is -0.0000000894. The second kappa shape index (κ2) is 36.4. The van der Waals surface area contributed by atoms with Crippen molar-refractivity contribution in [3.8, 4) is 0 Å². The highest BCUT2D eigenvalue weighted by molar-refractivity contribution is 4.72. The van der Waals surface area contributed by atoms with Gasteiger partial charge in [-0.15, -0.1) is 0 Å². The zero-order valence-corrected chi connectivity index (χ0v) is 24.8. The molecule has 0 radical (unpaired) electrons. The Morgan fingerprint density at radius 2 is 0.700 bits per heavy atom. The summed E-state index contributed by atoms with van der Waals surface area (Å²) in [6, 6.07) is 0. The highest BCUT2D eigenvalue weighted by atomic mass is 14.3. The Labute approximate surface area is 197 Å². The first-order valence-corrected chi connectivity index (χ1v) is 14.1. The van der Waals surface area contributed by atoms with Crippen LogP contribution in [0.3, 0.4) is 0 Å². The van der Waals surface area contributed by atoms with Crippen molar-refractivity contribution in [3.05, 3.63) is 0 Å². The van der Waals surface area contributed by atoms with E-state index >= 15 is 0 Å². The Morgan fingerprint density at radius 1 is 0.433 bits per heavy atom. The van der Waals surface area contributed by atoms with Crippen molar-refractivity contribution in [2.75, 3.05) is 0 Å². The molecule has 0 amide bonds. The molecule has 0 heteroatoms. The van der Waals surface area contributed by atoms with Crippen molar-refractivity contribution in [2.24, 2.45) is 17.3 Å². The Bertz CT molecular complexity index is 197. The van der Waals surface area contributed by atoms with E-state index in [0.717, 1.165) is 11.8 Å². The second-order valence-electron chi connectivity index (χ2n) is 9.35. The van der Waals surface area contributed by atoms with Gasteiger partial charge in [0, 0.05) is 0 Å². The summed E-state index contributed by atoms with van der Waals surface area (Å²) >= 11 is 0. The molecule has 0 rings (SSSR count). The van der Waals surface area contributed by atoms with Crippen molar-refractivity contribution in [1.82, 2.24) is 0 Å². The molecule has 0 N–H and O–H groups in total. The van der Waals surface area contributed by atoms with Gasteiger partial charge in [-0.3, -0.25) is 0 Å². The Morgan fingerprint density at radius 3 is 0.733 bits per heavy atom. The zero-order chi connectivity index (χ0) is 24.8. The lowest BCUT2D eigenvalue weighted by molar-refractivity contribution is 0.240. The van der Waals surface area contributed by atoms with E-state index in [4.69, 9.17) is 0 Å². The molecule has 0 aromatic carbocycles. The quantitative estimate of drug-likeness (QED) is 0.286. The molecule has 0 unspecified atom stereocenters. The molecule has 0 aromatic heterocycles. The number of hydrogen-bond donors (Lipinski definition) is 0. The van der Waals surface area contributed by atoms with Gasteiger partial charge in [-0.05, 0) is 17.3 Å².